The van der Waals surface area contributed by atoms with Crippen molar-refractivity contribution < 1.29 is 4.79 Å². The van der Waals surface area contributed by atoms with Gasteiger partial charge in [-0.25, -0.2) is 4.98 Å². The molecule has 0 N–H and O–H groups in total. The number of hydrogen-bond acceptors (Lipinski definition) is 4. The van der Waals surface area contributed by atoms with Crippen LogP contribution in [-0.2, 0) is 30.5 Å². The molecule has 2 heterocycles. The summed E-state index contributed by atoms with van der Waals surface area (Å²) in [5.41, 5.74) is 2.50. The topological polar surface area (TPSA) is 46.1 Å². The molecular weight excluding hydrogens is 306 g/mol. The Kier molecular flexibility index (Phi) is 5.39. The molecule has 0 saturated heterocycles. The van der Waals surface area contributed by atoms with E-state index in [1.807, 2.05) is 35.4 Å². The van der Waals surface area contributed by atoms with Gasteiger partial charge < -0.3 is 4.90 Å². The SMILES string of the molecule is CN(CCc1ccncc1)C(=O)CCc1nc2c(s1)CCCC2. The lowest BCUT2D eigenvalue weighted by molar-refractivity contribution is -0.129. The van der Waals surface area contributed by atoms with Gasteiger partial charge >= 0.3 is 0 Å². The maximum atomic E-state index is 12.3. The Morgan fingerprint density at radius 1 is 1.22 bits per heavy atom. The van der Waals surface area contributed by atoms with Crippen molar-refractivity contribution in [2.24, 2.45) is 0 Å². The van der Waals surface area contributed by atoms with Crippen molar-refractivity contribution in [1.82, 2.24) is 14.9 Å². The van der Waals surface area contributed by atoms with Crippen LogP contribution in [0.1, 0.15) is 40.4 Å². The van der Waals surface area contributed by atoms with Crippen LogP contribution in [0.15, 0.2) is 24.5 Å². The van der Waals surface area contributed by atoms with E-state index in [1.165, 1.54) is 35.4 Å². The van der Waals surface area contributed by atoms with E-state index in [-0.39, 0.29) is 5.91 Å². The normalized spacial score (nSPS) is 13.6. The molecule has 0 radical (unpaired) electrons. The van der Waals surface area contributed by atoms with Crippen LogP contribution in [0.4, 0.5) is 0 Å². The van der Waals surface area contributed by atoms with Gasteiger partial charge in [0.25, 0.3) is 0 Å². The van der Waals surface area contributed by atoms with Crippen LogP contribution in [0.2, 0.25) is 0 Å². The molecule has 1 aliphatic carbocycles. The molecule has 0 unspecified atom stereocenters. The van der Waals surface area contributed by atoms with E-state index in [0.717, 1.165) is 30.8 Å². The summed E-state index contributed by atoms with van der Waals surface area (Å²) in [5.74, 6) is 0.201. The zero-order valence-corrected chi connectivity index (χ0v) is 14.4. The zero-order chi connectivity index (χ0) is 16.1. The van der Waals surface area contributed by atoms with Gasteiger partial charge in [0.1, 0.15) is 0 Å². The Morgan fingerprint density at radius 3 is 2.78 bits per heavy atom. The first-order chi connectivity index (χ1) is 11.2. The predicted octanol–water partition coefficient (Wildman–Crippen LogP) is 3.05. The summed E-state index contributed by atoms with van der Waals surface area (Å²) in [5, 5.41) is 1.13. The van der Waals surface area contributed by atoms with Crippen LogP contribution in [0.25, 0.3) is 0 Å². The first kappa shape index (κ1) is 16.1. The van der Waals surface area contributed by atoms with Crippen molar-refractivity contribution in [3.05, 3.63) is 45.7 Å². The Hall–Kier alpha value is -1.75. The summed E-state index contributed by atoms with van der Waals surface area (Å²) >= 11 is 1.81. The molecule has 0 fully saturated rings. The highest BCUT2D eigenvalue weighted by molar-refractivity contribution is 7.11. The fourth-order valence-electron chi connectivity index (χ4n) is 2.89. The Morgan fingerprint density at radius 2 is 2.00 bits per heavy atom. The minimum Gasteiger partial charge on any atom is -0.345 e. The van der Waals surface area contributed by atoms with Crippen molar-refractivity contribution in [3.8, 4) is 0 Å². The molecule has 0 atom stereocenters. The van der Waals surface area contributed by atoms with Gasteiger partial charge in [0.05, 0.1) is 10.7 Å². The number of pyridine rings is 1. The second-order valence-electron chi connectivity index (χ2n) is 6.11. The average Bonchev–Trinajstić information content (AvgIpc) is 3.01. The third-order valence-electron chi connectivity index (χ3n) is 4.35. The first-order valence-corrected chi connectivity index (χ1v) is 9.14. The summed E-state index contributed by atoms with van der Waals surface area (Å²) < 4.78 is 0. The maximum absolute atomic E-state index is 12.3. The van der Waals surface area contributed by atoms with Gasteiger partial charge in [-0.15, -0.1) is 11.3 Å². The smallest absolute Gasteiger partial charge is 0.222 e. The van der Waals surface area contributed by atoms with E-state index in [2.05, 4.69) is 4.98 Å². The summed E-state index contributed by atoms with van der Waals surface area (Å²) in [4.78, 5) is 24.3. The Bertz CT molecular complexity index is 630. The number of thiazole rings is 1. The Balaban J connectivity index is 1.46. The quantitative estimate of drug-likeness (QED) is 0.818. The molecule has 1 aliphatic rings. The second kappa shape index (κ2) is 7.68. The van der Waals surface area contributed by atoms with Crippen LogP contribution >= 0.6 is 11.3 Å². The van der Waals surface area contributed by atoms with Gasteiger partial charge in [0.2, 0.25) is 5.91 Å². The molecule has 122 valence electrons. The van der Waals surface area contributed by atoms with E-state index in [4.69, 9.17) is 4.98 Å². The van der Waals surface area contributed by atoms with E-state index in [0.29, 0.717) is 6.42 Å². The van der Waals surface area contributed by atoms with E-state index < -0.39 is 0 Å². The molecule has 23 heavy (non-hydrogen) atoms. The largest absolute Gasteiger partial charge is 0.345 e. The summed E-state index contributed by atoms with van der Waals surface area (Å²) in [7, 11) is 1.89. The number of carbonyl (C=O) groups excluding carboxylic acids is 1. The van der Waals surface area contributed by atoms with Crippen LogP contribution in [-0.4, -0.2) is 34.4 Å². The molecule has 0 bridgehead atoms. The molecule has 0 aromatic carbocycles. The molecule has 0 aliphatic heterocycles. The molecule has 5 heteroatoms. The van der Waals surface area contributed by atoms with Crippen molar-refractivity contribution in [2.75, 3.05) is 13.6 Å². The van der Waals surface area contributed by atoms with Gasteiger partial charge in [-0.3, -0.25) is 9.78 Å². The van der Waals surface area contributed by atoms with Gasteiger partial charge in [-0.1, -0.05) is 0 Å². The molecule has 3 rings (SSSR count). The second-order valence-corrected chi connectivity index (χ2v) is 7.27. The van der Waals surface area contributed by atoms with Gasteiger partial charge in [0, 0.05) is 43.7 Å². The van der Waals surface area contributed by atoms with Crippen LogP contribution in [0.5, 0.6) is 0 Å². The highest BCUT2D eigenvalue weighted by atomic mass is 32.1. The van der Waals surface area contributed by atoms with Crippen molar-refractivity contribution in [1.29, 1.82) is 0 Å². The van der Waals surface area contributed by atoms with Crippen LogP contribution in [0, 0.1) is 0 Å². The highest BCUT2D eigenvalue weighted by Crippen LogP contribution is 2.27. The number of aromatic nitrogens is 2. The monoisotopic (exact) mass is 329 g/mol. The van der Waals surface area contributed by atoms with Crippen molar-refractivity contribution in [2.45, 2.75) is 44.9 Å². The summed E-state index contributed by atoms with van der Waals surface area (Å²) in [6.07, 6.45) is 10.6. The lowest BCUT2D eigenvalue weighted by Crippen LogP contribution is -2.29. The molecule has 2 aromatic rings. The van der Waals surface area contributed by atoms with Crippen molar-refractivity contribution in [3.63, 3.8) is 0 Å². The van der Waals surface area contributed by atoms with Gasteiger partial charge in [-0.2, -0.15) is 0 Å². The number of amides is 1. The number of fused-ring (bicyclic) bond motifs is 1. The fourth-order valence-corrected chi connectivity index (χ4v) is 4.04. The minimum atomic E-state index is 0.201. The Labute approximate surface area is 141 Å². The van der Waals surface area contributed by atoms with Gasteiger partial charge in [0.15, 0.2) is 0 Å². The van der Waals surface area contributed by atoms with Crippen molar-refractivity contribution >= 4 is 17.2 Å². The molecule has 2 aromatic heterocycles. The predicted molar refractivity (Wildman–Crippen MR) is 92.7 cm³/mol. The third kappa shape index (κ3) is 4.38. The van der Waals surface area contributed by atoms with Crippen LogP contribution in [0.3, 0.4) is 0 Å². The number of carbonyl (C=O) groups is 1. The zero-order valence-electron chi connectivity index (χ0n) is 13.6. The number of likely N-dealkylation sites (N-methyl/N-ethyl adjacent to an activating group) is 1. The van der Waals surface area contributed by atoms with Crippen LogP contribution < -0.4 is 0 Å². The number of hydrogen-bond donors (Lipinski definition) is 0. The lowest BCUT2D eigenvalue weighted by Gasteiger charge is -2.16. The third-order valence-corrected chi connectivity index (χ3v) is 5.57. The highest BCUT2D eigenvalue weighted by Gasteiger charge is 2.16. The average molecular weight is 329 g/mol. The minimum absolute atomic E-state index is 0.201. The number of aryl methyl sites for hydroxylation is 3. The standard InChI is InChI=1S/C18H23N3OS/c1-21(13-10-14-8-11-19-12-9-14)18(22)7-6-17-20-15-4-2-3-5-16(15)23-17/h8-9,11-12H,2-7,10,13H2,1H3. The first-order valence-electron chi connectivity index (χ1n) is 8.32. The van der Waals surface area contributed by atoms with E-state index in [9.17, 15) is 4.79 Å². The molecule has 0 saturated carbocycles. The van der Waals surface area contributed by atoms with E-state index in [1.54, 1.807) is 12.4 Å². The van der Waals surface area contributed by atoms with E-state index >= 15 is 0 Å². The number of nitrogens with zero attached hydrogens (tertiary/aromatic N) is 3. The maximum Gasteiger partial charge on any atom is 0.222 e. The molecular formula is C18H23N3OS. The molecule has 1 amide bonds. The number of rotatable bonds is 6. The lowest BCUT2D eigenvalue weighted by atomic mass is 10.0. The molecule has 4 nitrogen and oxygen atoms in total. The summed E-state index contributed by atoms with van der Waals surface area (Å²) in [6, 6.07) is 4.00. The molecule has 0 spiro atoms. The van der Waals surface area contributed by atoms with Gasteiger partial charge in [-0.05, 0) is 49.8 Å². The summed E-state index contributed by atoms with van der Waals surface area (Å²) in [6.45, 7) is 0.747. The fraction of sp³-hybridized carbons (Fsp3) is 0.500.